The molecule has 0 atom stereocenters. The molecule has 0 saturated carbocycles. The van der Waals surface area contributed by atoms with Crippen LogP contribution in [0, 0.1) is 17.0 Å². The number of aryl methyl sites for hydroxylation is 1. The van der Waals surface area contributed by atoms with E-state index in [9.17, 15) is 10.1 Å². The lowest BCUT2D eigenvalue weighted by Gasteiger charge is -2.18. The first-order chi connectivity index (χ1) is 13.5. The van der Waals surface area contributed by atoms with E-state index < -0.39 is 0 Å². The van der Waals surface area contributed by atoms with Crippen molar-refractivity contribution in [2.45, 2.75) is 26.9 Å². The van der Waals surface area contributed by atoms with Gasteiger partial charge in [-0.2, -0.15) is 4.98 Å². The molecule has 8 heteroatoms. The van der Waals surface area contributed by atoms with Crippen LogP contribution in [0.4, 0.5) is 5.69 Å². The number of nitro groups is 1. The van der Waals surface area contributed by atoms with Gasteiger partial charge in [0.1, 0.15) is 5.75 Å². The first-order valence-electron chi connectivity index (χ1n) is 8.94. The van der Waals surface area contributed by atoms with Gasteiger partial charge < -0.3 is 9.26 Å². The van der Waals surface area contributed by atoms with E-state index in [0.717, 1.165) is 16.9 Å². The van der Waals surface area contributed by atoms with Gasteiger partial charge in [0.25, 0.3) is 5.69 Å². The minimum Gasteiger partial charge on any atom is -0.496 e. The summed E-state index contributed by atoms with van der Waals surface area (Å²) in [6, 6.07) is 12.5. The fourth-order valence-electron chi connectivity index (χ4n) is 2.93. The van der Waals surface area contributed by atoms with Gasteiger partial charge >= 0.3 is 0 Å². The lowest BCUT2D eigenvalue weighted by Crippen LogP contribution is -2.23. The zero-order valence-corrected chi connectivity index (χ0v) is 16.1. The molecule has 0 fully saturated rings. The Bertz CT molecular complexity index is 970. The fraction of sp³-hybridized carbons (Fsp3) is 0.300. The maximum Gasteiger partial charge on any atom is 0.273 e. The minimum absolute atomic E-state index is 0.110. The maximum atomic E-state index is 11.2. The van der Waals surface area contributed by atoms with Crippen molar-refractivity contribution in [3.05, 3.63) is 69.6 Å². The molecular weight excluding hydrogens is 360 g/mol. The van der Waals surface area contributed by atoms with Crippen LogP contribution in [0.1, 0.15) is 23.9 Å². The van der Waals surface area contributed by atoms with Crippen molar-refractivity contribution >= 4 is 5.69 Å². The van der Waals surface area contributed by atoms with E-state index in [4.69, 9.17) is 9.26 Å². The van der Waals surface area contributed by atoms with Crippen molar-refractivity contribution in [1.29, 1.82) is 0 Å². The third kappa shape index (κ3) is 4.34. The summed E-state index contributed by atoms with van der Waals surface area (Å²) >= 11 is 0. The molecule has 0 radical (unpaired) electrons. The monoisotopic (exact) mass is 382 g/mol. The Morgan fingerprint density at radius 1 is 1.21 bits per heavy atom. The predicted molar refractivity (Wildman–Crippen MR) is 104 cm³/mol. The van der Waals surface area contributed by atoms with Crippen LogP contribution in [0.2, 0.25) is 0 Å². The van der Waals surface area contributed by atoms with Gasteiger partial charge in [0.2, 0.25) is 11.7 Å². The standard InChI is InChI=1S/C20H22N4O4/c1-4-23(12-16-7-5-6-8-17(16)24(25)26)13-19-21-20(22-28-19)15-10-9-14(2)18(11-15)27-3/h5-11H,4,12-13H2,1-3H3. The van der Waals surface area contributed by atoms with Gasteiger partial charge in [-0.1, -0.05) is 42.4 Å². The van der Waals surface area contributed by atoms with Crippen LogP contribution < -0.4 is 4.74 Å². The molecule has 3 aromatic rings. The van der Waals surface area contributed by atoms with Crippen LogP contribution >= 0.6 is 0 Å². The van der Waals surface area contributed by atoms with Gasteiger partial charge in [-0.3, -0.25) is 15.0 Å². The highest BCUT2D eigenvalue weighted by Gasteiger charge is 2.18. The second-order valence-corrected chi connectivity index (χ2v) is 6.39. The molecular formula is C20H22N4O4. The first-order valence-corrected chi connectivity index (χ1v) is 8.94. The van der Waals surface area contributed by atoms with Crippen LogP contribution in [-0.2, 0) is 13.1 Å². The number of hydrogen-bond acceptors (Lipinski definition) is 7. The van der Waals surface area contributed by atoms with Gasteiger partial charge in [-0.05, 0) is 25.1 Å². The molecule has 146 valence electrons. The summed E-state index contributed by atoms with van der Waals surface area (Å²) in [4.78, 5) is 17.3. The molecule has 0 amide bonds. The average Bonchev–Trinajstić information content (AvgIpc) is 3.16. The largest absolute Gasteiger partial charge is 0.496 e. The smallest absolute Gasteiger partial charge is 0.273 e. The Labute approximate surface area is 162 Å². The van der Waals surface area contributed by atoms with Crippen LogP contribution in [0.3, 0.4) is 0 Å². The lowest BCUT2D eigenvalue weighted by molar-refractivity contribution is -0.385. The zero-order valence-electron chi connectivity index (χ0n) is 16.1. The van der Waals surface area contributed by atoms with Gasteiger partial charge in [0.05, 0.1) is 18.6 Å². The molecule has 28 heavy (non-hydrogen) atoms. The van der Waals surface area contributed by atoms with Crippen molar-refractivity contribution in [2.24, 2.45) is 0 Å². The summed E-state index contributed by atoms with van der Waals surface area (Å²) in [5.74, 6) is 1.69. The van der Waals surface area contributed by atoms with E-state index in [2.05, 4.69) is 10.1 Å². The summed E-state index contributed by atoms with van der Waals surface area (Å²) in [5, 5.41) is 15.3. The van der Waals surface area contributed by atoms with E-state index in [1.54, 1.807) is 25.3 Å². The number of nitro benzene ring substituents is 1. The highest BCUT2D eigenvalue weighted by atomic mass is 16.6. The molecule has 3 rings (SSSR count). The number of benzene rings is 2. The molecule has 0 saturated heterocycles. The summed E-state index contributed by atoms with van der Waals surface area (Å²) in [5.41, 5.74) is 2.59. The fourth-order valence-corrected chi connectivity index (χ4v) is 2.93. The van der Waals surface area contributed by atoms with Crippen molar-refractivity contribution in [3.8, 4) is 17.1 Å². The second-order valence-electron chi connectivity index (χ2n) is 6.39. The molecule has 8 nitrogen and oxygen atoms in total. The molecule has 0 unspecified atom stereocenters. The predicted octanol–water partition coefficient (Wildman–Crippen LogP) is 3.98. The Morgan fingerprint density at radius 2 is 2.00 bits per heavy atom. The topological polar surface area (TPSA) is 94.5 Å². The molecule has 1 heterocycles. The van der Waals surface area contributed by atoms with Crippen molar-refractivity contribution in [1.82, 2.24) is 15.0 Å². The maximum absolute atomic E-state index is 11.2. The van der Waals surface area contributed by atoms with E-state index in [-0.39, 0.29) is 10.6 Å². The highest BCUT2D eigenvalue weighted by molar-refractivity contribution is 5.58. The third-order valence-electron chi connectivity index (χ3n) is 4.52. The summed E-state index contributed by atoms with van der Waals surface area (Å²) < 4.78 is 10.7. The average molecular weight is 382 g/mol. The van der Waals surface area contributed by atoms with Crippen LogP contribution in [-0.4, -0.2) is 33.6 Å². The van der Waals surface area contributed by atoms with E-state index in [1.165, 1.54) is 6.07 Å². The number of rotatable bonds is 8. The SMILES string of the molecule is CCN(Cc1nc(-c2ccc(C)c(OC)c2)no1)Cc1ccccc1[N+](=O)[O-]. The van der Waals surface area contributed by atoms with Crippen LogP contribution in [0.15, 0.2) is 47.0 Å². The summed E-state index contributed by atoms with van der Waals surface area (Å²) in [6.07, 6.45) is 0. The molecule has 2 aromatic carbocycles. The number of nitrogens with zero attached hydrogens (tertiary/aromatic N) is 4. The molecule has 0 N–H and O–H groups in total. The molecule has 0 aliphatic rings. The van der Waals surface area contributed by atoms with Crippen molar-refractivity contribution < 1.29 is 14.2 Å². The zero-order chi connectivity index (χ0) is 20.1. The summed E-state index contributed by atoms with van der Waals surface area (Å²) in [7, 11) is 1.62. The molecule has 1 aromatic heterocycles. The molecule has 0 spiro atoms. The third-order valence-corrected chi connectivity index (χ3v) is 4.52. The number of ether oxygens (including phenoxy) is 1. The quantitative estimate of drug-likeness (QED) is 0.429. The normalized spacial score (nSPS) is 11.0. The number of para-hydroxylation sites is 1. The molecule has 0 aliphatic carbocycles. The van der Waals surface area contributed by atoms with Crippen LogP contribution in [0.5, 0.6) is 5.75 Å². The molecule has 0 aliphatic heterocycles. The van der Waals surface area contributed by atoms with Crippen molar-refractivity contribution in [2.75, 3.05) is 13.7 Å². The number of aromatic nitrogens is 2. The van der Waals surface area contributed by atoms with Gasteiger partial charge in [0, 0.05) is 23.7 Å². The second kappa shape index (κ2) is 8.62. The van der Waals surface area contributed by atoms with Gasteiger partial charge in [-0.15, -0.1) is 0 Å². The minimum atomic E-state index is -0.362. The van der Waals surface area contributed by atoms with E-state index in [1.807, 2.05) is 36.9 Å². The van der Waals surface area contributed by atoms with Gasteiger partial charge in [0.15, 0.2) is 0 Å². The van der Waals surface area contributed by atoms with Crippen LogP contribution in [0.25, 0.3) is 11.4 Å². The van der Waals surface area contributed by atoms with E-state index in [0.29, 0.717) is 36.9 Å². The lowest BCUT2D eigenvalue weighted by atomic mass is 10.1. The number of methoxy groups -OCH3 is 1. The Kier molecular flexibility index (Phi) is 6.00. The van der Waals surface area contributed by atoms with Crippen molar-refractivity contribution in [3.63, 3.8) is 0 Å². The highest BCUT2D eigenvalue weighted by Crippen LogP contribution is 2.25. The Hall–Kier alpha value is -3.26. The molecule has 0 bridgehead atoms. The number of hydrogen-bond donors (Lipinski definition) is 0. The Morgan fingerprint density at radius 3 is 2.71 bits per heavy atom. The Balaban J connectivity index is 1.76. The first kappa shape index (κ1) is 19.5. The van der Waals surface area contributed by atoms with E-state index >= 15 is 0 Å². The van der Waals surface area contributed by atoms with Gasteiger partial charge in [-0.25, -0.2) is 0 Å². The summed E-state index contributed by atoms with van der Waals surface area (Å²) in [6.45, 7) is 5.45.